The highest BCUT2D eigenvalue weighted by molar-refractivity contribution is 5.79. The minimum atomic E-state index is 0.120. The predicted molar refractivity (Wildman–Crippen MR) is 116 cm³/mol. The van der Waals surface area contributed by atoms with E-state index in [-0.39, 0.29) is 11.8 Å². The van der Waals surface area contributed by atoms with Crippen molar-refractivity contribution >= 4 is 11.7 Å². The molecule has 2 fully saturated rings. The topological polar surface area (TPSA) is 53.4 Å². The van der Waals surface area contributed by atoms with Crippen LogP contribution in [0.2, 0.25) is 0 Å². The van der Waals surface area contributed by atoms with Gasteiger partial charge in [0, 0.05) is 50.7 Å². The fourth-order valence-corrected chi connectivity index (χ4v) is 4.52. The molecule has 1 N–H and O–H groups in total. The summed E-state index contributed by atoms with van der Waals surface area (Å²) in [5.74, 6) is 1.35. The van der Waals surface area contributed by atoms with E-state index >= 15 is 0 Å². The zero-order chi connectivity index (χ0) is 19.9. The van der Waals surface area contributed by atoms with Crippen LogP contribution in [0, 0.1) is 5.92 Å². The molecule has 4 heterocycles. The van der Waals surface area contributed by atoms with Crippen LogP contribution in [0.25, 0.3) is 5.69 Å². The lowest BCUT2D eigenvalue weighted by atomic mass is 9.96. The van der Waals surface area contributed by atoms with Gasteiger partial charge in [-0.05, 0) is 63.0 Å². The van der Waals surface area contributed by atoms with E-state index < -0.39 is 0 Å². The summed E-state index contributed by atoms with van der Waals surface area (Å²) in [6, 6.07) is 8.13. The van der Waals surface area contributed by atoms with Crippen molar-refractivity contribution in [2.24, 2.45) is 5.92 Å². The third-order valence-electron chi connectivity index (χ3n) is 6.24. The Morgan fingerprint density at radius 3 is 2.45 bits per heavy atom. The van der Waals surface area contributed by atoms with Crippen molar-refractivity contribution in [1.29, 1.82) is 0 Å². The summed E-state index contributed by atoms with van der Waals surface area (Å²) in [4.78, 5) is 22.1. The zero-order valence-corrected chi connectivity index (χ0v) is 17.3. The number of anilines is 1. The molecule has 0 atom stereocenters. The average molecular weight is 396 g/mol. The second kappa shape index (κ2) is 9.92. The SMILES string of the molecule is O=C(NCCN1CCCCCC1)C1CCN(c2ncccc2-n2cccc2)CC1. The molecule has 4 rings (SSSR count). The van der Waals surface area contributed by atoms with Crippen molar-refractivity contribution in [2.45, 2.75) is 38.5 Å². The highest BCUT2D eigenvalue weighted by Crippen LogP contribution is 2.27. The van der Waals surface area contributed by atoms with Gasteiger partial charge in [-0.2, -0.15) is 0 Å². The van der Waals surface area contributed by atoms with Gasteiger partial charge in [0.25, 0.3) is 0 Å². The molecular formula is C23H33N5O. The summed E-state index contributed by atoms with van der Waals surface area (Å²) < 4.78 is 2.10. The van der Waals surface area contributed by atoms with Gasteiger partial charge in [0.15, 0.2) is 5.82 Å². The Hall–Kier alpha value is -2.34. The Bertz CT molecular complexity index is 759. The maximum atomic E-state index is 12.6. The van der Waals surface area contributed by atoms with E-state index in [2.05, 4.69) is 30.7 Å². The first-order valence-corrected chi connectivity index (χ1v) is 11.1. The Labute approximate surface area is 173 Å². The van der Waals surface area contributed by atoms with Gasteiger partial charge in [-0.25, -0.2) is 4.98 Å². The number of nitrogens with zero attached hydrogens (tertiary/aromatic N) is 4. The lowest BCUT2D eigenvalue weighted by molar-refractivity contribution is -0.125. The van der Waals surface area contributed by atoms with Crippen LogP contribution in [0.1, 0.15) is 38.5 Å². The molecule has 0 radical (unpaired) electrons. The molecular weight excluding hydrogens is 362 g/mol. The molecule has 2 aliphatic heterocycles. The smallest absolute Gasteiger partial charge is 0.223 e. The second-order valence-corrected chi connectivity index (χ2v) is 8.24. The summed E-state index contributed by atoms with van der Waals surface area (Å²) in [6.45, 7) is 5.87. The van der Waals surface area contributed by atoms with Crippen LogP contribution < -0.4 is 10.2 Å². The Balaban J connectivity index is 1.26. The van der Waals surface area contributed by atoms with E-state index in [1.54, 1.807) is 0 Å². The van der Waals surface area contributed by atoms with E-state index in [4.69, 9.17) is 0 Å². The molecule has 2 aliphatic rings. The third kappa shape index (κ3) is 5.18. The number of likely N-dealkylation sites (tertiary alicyclic amines) is 1. The molecule has 156 valence electrons. The minimum Gasteiger partial charge on any atom is -0.355 e. The van der Waals surface area contributed by atoms with E-state index in [1.165, 1.54) is 38.8 Å². The quantitative estimate of drug-likeness (QED) is 0.817. The standard InChI is InChI=1S/C23H33N5O/c29-23(25-12-19-26-13-3-1-2-4-14-26)20-9-17-28(18-10-20)22-21(8-7-11-24-22)27-15-5-6-16-27/h5-8,11,15-16,20H,1-4,9-10,12-14,17-19H2,(H,25,29). The first-order valence-electron chi connectivity index (χ1n) is 11.1. The van der Waals surface area contributed by atoms with Crippen LogP contribution in [0.15, 0.2) is 42.9 Å². The molecule has 2 aromatic rings. The van der Waals surface area contributed by atoms with Gasteiger partial charge in [-0.3, -0.25) is 4.79 Å². The highest BCUT2D eigenvalue weighted by Gasteiger charge is 2.26. The largest absolute Gasteiger partial charge is 0.355 e. The molecule has 0 bridgehead atoms. The number of aromatic nitrogens is 2. The van der Waals surface area contributed by atoms with E-state index in [9.17, 15) is 4.79 Å². The molecule has 29 heavy (non-hydrogen) atoms. The van der Waals surface area contributed by atoms with Crippen molar-refractivity contribution in [3.8, 4) is 5.69 Å². The number of nitrogens with one attached hydrogen (secondary N) is 1. The normalized spacial score (nSPS) is 19.1. The number of rotatable bonds is 6. The molecule has 0 aromatic carbocycles. The van der Waals surface area contributed by atoms with Gasteiger partial charge in [-0.1, -0.05) is 12.8 Å². The fraction of sp³-hybridized carbons (Fsp3) is 0.565. The van der Waals surface area contributed by atoms with Crippen molar-refractivity contribution in [3.05, 3.63) is 42.9 Å². The molecule has 0 aliphatic carbocycles. The zero-order valence-electron chi connectivity index (χ0n) is 17.3. The van der Waals surface area contributed by atoms with Gasteiger partial charge in [0.2, 0.25) is 5.91 Å². The molecule has 2 saturated heterocycles. The molecule has 2 aromatic heterocycles. The van der Waals surface area contributed by atoms with Crippen LogP contribution in [0.5, 0.6) is 0 Å². The summed E-state index contributed by atoms with van der Waals surface area (Å²) in [7, 11) is 0. The van der Waals surface area contributed by atoms with Crippen molar-refractivity contribution in [2.75, 3.05) is 44.2 Å². The fourth-order valence-electron chi connectivity index (χ4n) is 4.52. The van der Waals surface area contributed by atoms with Gasteiger partial charge in [0.1, 0.15) is 0 Å². The van der Waals surface area contributed by atoms with E-state index in [1.807, 2.05) is 36.8 Å². The van der Waals surface area contributed by atoms with Crippen LogP contribution in [-0.2, 0) is 4.79 Å². The van der Waals surface area contributed by atoms with Gasteiger partial charge >= 0.3 is 0 Å². The summed E-state index contributed by atoms with van der Waals surface area (Å²) >= 11 is 0. The van der Waals surface area contributed by atoms with E-state index in [0.717, 1.165) is 50.5 Å². The second-order valence-electron chi connectivity index (χ2n) is 8.24. The van der Waals surface area contributed by atoms with Crippen molar-refractivity contribution in [3.63, 3.8) is 0 Å². The first-order chi connectivity index (χ1) is 14.3. The first kappa shape index (κ1) is 20.0. The Morgan fingerprint density at radius 1 is 1.00 bits per heavy atom. The van der Waals surface area contributed by atoms with E-state index in [0.29, 0.717) is 0 Å². The van der Waals surface area contributed by atoms with Crippen LogP contribution in [0.4, 0.5) is 5.82 Å². The molecule has 0 unspecified atom stereocenters. The minimum absolute atomic E-state index is 0.120. The molecule has 6 nitrogen and oxygen atoms in total. The van der Waals surface area contributed by atoms with Crippen molar-refractivity contribution < 1.29 is 4.79 Å². The Kier molecular flexibility index (Phi) is 6.83. The summed E-state index contributed by atoms with van der Waals surface area (Å²) in [5.41, 5.74) is 1.10. The van der Waals surface area contributed by atoms with Gasteiger partial charge in [-0.15, -0.1) is 0 Å². The number of hydrogen-bond acceptors (Lipinski definition) is 4. The summed E-state index contributed by atoms with van der Waals surface area (Å²) in [5, 5.41) is 3.19. The maximum Gasteiger partial charge on any atom is 0.223 e. The molecule has 0 saturated carbocycles. The highest BCUT2D eigenvalue weighted by atomic mass is 16.1. The number of hydrogen-bond donors (Lipinski definition) is 1. The van der Waals surface area contributed by atoms with Crippen LogP contribution in [-0.4, -0.2) is 59.6 Å². The molecule has 6 heteroatoms. The lowest BCUT2D eigenvalue weighted by Crippen LogP contribution is -2.43. The number of carbonyl (C=O) groups is 1. The molecule has 0 spiro atoms. The molecule has 1 amide bonds. The van der Waals surface area contributed by atoms with Crippen LogP contribution in [0.3, 0.4) is 0 Å². The monoisotopic (exact) mass is 395 g/mol. The lowest BCUT2D eigenvalue weighted by Gasteiger charge is -2.33. The van der Waals surface area contributed by atoms with Gasteiger partial charge in [0.05, 0.1) is 5.69 Å². The van der Waals surface area contributed by atoms with Crippen molar-refractivity contribution in [1.82, 2.24) is 19.8 Å². The number of amides is 1. The summed E-state index contributed by atoms with van der Waals surface area (Å²) in [6.07, 6.45) is 13.0. The predicted octanol–water partition coefficient (Wildman–Crippen LogP) is 3.08. The average Bonchev–Trinajstić information content (AvgIpc) is 3.18. The number of piperidine rings is 1. The Morgan fingerprint density at radius 2 is 1.72 bits per heavy atom. The third-order valence-corrected chi connectivity index (χ3v) is 6.24. The van der Waals surface area contributed by atoms with Gasteiger partial charge < -0.3 is 19.7 Å². The number of pyridine rings is 1. The number of carbonyl (C=O) groups excluding carboxylic acids is 1. The maximum absolute atomic E-state index is 12.6. The van der Waals surface area contributed by atoms with Crippen LogP contribution >= 0.6 is 0 Å².